The summed E-state index contributed by atoms with van der Waals surface area (Å²) >= 11 is 3.03. The fourth-order valence-electron chi connectivity index (χ4n) is 2.47. The Morgan fingerprint density at radius 3 is 1.44 bits per heavy atom. The molecule has 0 aliphatic rings. The van der Waals surface area contributed by atoms with Crippen molar-refractivity contribution in [2.45, 2.75) is 13.8 Å². The molecule has 32 heavy (non-hydrogen) atoms. The molecule has 0 saturated heterocycles. The van der Waals surface area contributed by atoms with Crippen LogP contribution in [0.5, 0.6) is 0 Å². The number of halogens is 1. The molecular weight excluding hydrogens is 473 g/mol. The average Bonchev–Trinajstić information content (AvgIpc) is 2.87. The maximum absolute atomic E-state index is 10.0. The zero-order valence-electron chi connectivity index (χ0n) is 17.3. The Bertz CT molecular complexity index is 1020. The van der Waals surface area contributed by atoms with Crippen molar-refractivity contribution in [2.24, 2.45) is 10.2 Å². The first-order chi connectivity index (χ1) is 15.5. The zero-order valence-corrected chi connectivity index (χ0v) is 19.1. The molecule has 0 fully saturated rings. The summed E-state index contributed by atoms with van der Waals surface area (Å²) in [6, 6.07) is 23.3. The number of amides is 2. The molecule has 2 amide bonds. The second-order valence-corrected chi connectivity index (χ2v) is 6.36. The van der Waals surface area contributed by atoms with E-state index >= 15 is 0 Å². The number of rotatable bonds is 6. The first-order valence-electron chi connectivity index (χ1n) is 9.38. The van der Waals surface area contributed by atoms with Gasteiger partial charge in [0.2, 0.25) is 0 Å². The van der Waals surface area contributed by atoms with E-state index in [4.69, 9.17) is 0 Å². The molecule has 7 nitrogen and oxygen atoms in total. The molecule has 0 aliphatic heterocycles. The van der Waals surface area contributed by atoms with E-state index in [1.165, 1.54) is 0 Å². The molecule has 2 N–H and O–H groups in total. The normalized spacial score (nSPS) is 11.1. The molecular formula is C23H21ClCoN5O2+. The molecule has 1 heterocycles. The van der Waals surface area contributed by atoms with Gasteiger partial charge in [0.25, 0.3) is 11.8 Å². The van der Waals surface area contributed by atoms with Gasteiger partial charge in [0.1, 0.15) is 0 Å². The summed E-state index contributed by atoms with van der Waals surface area (Å²) in [4.78, 5) is 24.6. The zero-order chi connectivity index (χ0) is 23.3. The summed E-state index contributed by atoms with van der Waals surface area (Å²) in [7, 11) is 4.33. The predicted molar refractivity (Wildman–Crippen MR) is 126 cm³/mol. The number of aromatic nitrogens is 1. The van der Waals surface area contributed by atoms with Crippen LogP contribution in [0.1, 0.15) is 36.4 Å². The van der Waals surface area contributed by atoms with Crippen molar-refractivity contribution < 1.29 is 24.4 Å². The standard InChI is InChI=1S/C23H21N5O2.ClH.Co/c1-16(25-27-22(29)18-10-5-3-6-11-18)20-14-9-15-21(24-20)17(2)26-28-23(30)19-12-7-4-8-13-19;;/h3-15H,1-2H3,(H2,24,27,28,29,30);1H;/q;;+2/p-1. The second kappa shape index (κ2) is 13.2. The fraction of sp³-hybridized carbons (Fsp3) is 0.0870. The number of hydrogen-bond acceptors (Lipinski definition) is 3. The van der Waals surface area contributed by atoms with Gasteiger partial charge in [0, 0.05) is 11.4 Å². The van der Waals surface area contributed by atoms with Gasteiger partial charge in [-0.2, -0.15) is 0 Å². The minimum atomic E-state index is -0.172. The molecule has 2 aromatic carbocycles. The second-order valence-electron chi connectivity index (χ2n) is 6.36. The first-order valence-corrected chi connectivity index (χ1v) is 10.8. The molecule has 0 aliphatic carbocycles. The van der Waals surface area contributed by atoms with E-state index in [0.717, 1.165) is 0 Å². The van der Waals surface area contributed by atoms with Crippen molar-refractivity contribution in [1.82, 2.24) is 4.98 Å². The van der Waals surface area contributed by atoms with Crippen LogP contribution in [0.15, 0.2) is 89.1 Å². The molecule has 3 rings (SSSR count). The van der Waals surface area contributed by atoms with E-state index in [-0.39, 0.29) is 11.8 Å². The van der Waals surface area contributed by atoms with Gasteiger partial charge < -0.3 is 21.1 Å². The summed E-state index contributed by atoms with van der Waals surface area (Å²) in [6.07, 6.45) is 0. The van der Waals surface area contributed by atoms with Gasteiger partial charge in [0.15, 0.2) is 0 Å². The van der Waals surface area contributed by atoms with E-state index in [1.807, 2.05) is 42.5 Å². The van der Waals surface area contributed by atoms with E-state index in [0.29, 0.717) is 33.9 Å². The third kappa shape index (κ3) is 7.42. The summed E-state index contributed by atoms with van der Waals surface area (Å²) < 4.78 is 0. The third-order valence-corrected chi connectivity index (χ3v) is 4.14. The van der Waals surface area contributed by atoms with Crippen molar-refractivity contribution in [1.29, 1.82) is 0 Å². The van der Waals surface area contributed by atoms with Crippen LogP contribution in [0.3, 0.4) is 0 Å². The summed E-state index contributed by atoms with van der Waals surface area (Å²) in [5.74, 6) is -0.343. The molecule has 0 spiro atoms. The van der Waals surface area contributed by atoms with Crippen LogP contribution < -0.4 is 0 Å². The maximum atomic E-state index is 10.0. The molecule has 0 bridgehead atoms. The molecule has 3 aromatic rings. The van der Waals surface area contributed by atoms with Crippen LogP contribution in [0.2, 0.25) is 0 Å². The SMILES string of the molecule is CC(=N[N-]C(=[OH+])c1ccccc1)c1cccc(C(C)=N[N-]C(=[OH+])c2ccccc2)n1.[Cl][Co+]. The van der Waals surface area contributed by atoms with Crippen LogP contribution in [0, 0.1) is 0 Å². The third-order valence-electron chi connectivity index (χ3n) is 4.14. The van der Waals surface area contributed by atoms with Crippen molar-refractivity contribution in [2.75, 3.05) is 0 Å². The van der Waals surface area contributed by atoms with E-state index in [1.54, 1.807) is 50.2 Å². The molecule has 1 aromatic heterocycles. The van der Waals surface area contributed by atoms with Crippen molar-refractivity contribution >= 4 is 33.4 Å². The van der Waals surface area contributed by atoms with Crippen LogP contribution in [-0.4, -0.2) is 37.8 Å². The Balaban J connectivity index is 0.00000176. The summed E-state index contributed by atoms with van der Waals surface area (Å²) in [6.45, 7) is 3.50. The quantitative estimate of drug-likeness (QED) is 0.267. The van der Waals surface area contributed by atoms with Gasteiger partial charge in [0.05, 0.1) is 22.5 Å². The Morgan fingerprint density at radius 2 is 1.06 bits per heavy atom. The number of hydrogen-bond donors (Lipinski definition) is 0. The van der Waals surface area contributed by atoms with Crippen molar-refractivity contribution in [3.63, 3.8) is 0 Å². The average molecular weight is 494 g/mol. The minimum absolute atomic E-state index is 0.172. The van der Waals surface area contributed by atoms with Crippen LogP contribution >= 0.6 is 10.1 Å². The van der Waals surface area contributed by atoms with Crippen LogP contribution in [-0.2, 0) is 14.8 Å². The monoisotopic (exact) mass is 493 g/mol. The van der Waals surface area contributed by atoms with Gasteiger partial charge >= 0.3 is 25.0 Å². The Kier molecular flexibility index (Phi) is 10.3. The molecule has 0 radical (unpaired) electrons. The number of nitrogens with zero attached hydrogens (tertiary/aromatic N) is 5. The number of benzene rings is 2. The van der Waals surface area contributed by atoms with E-state index < -0.39 is 0 Å². The fourth-order valence-corrected chi connectivity index (χ4v) is 2.47. The van der Waals surface area contributed by atoms with Crippen LogP contribution in [0.4, 0.5) is 0 Å². The summed E-state index contributed by atoms with van der Waals surface area (Å²) in [5, 5.41) is 8.14. The molecule has 9 heteroatoms. The molecule has 0 unspecified atom stereocenters. The number of pyridine rings is 1. The Labute approximate surface area is 198 Å². The Morgan fingerprint density at radius 1 is 0.688 bits per heavy atom. The van der Waals surface area contributed by atoms with E-state index in [9.17, 15) is 9.59 Å². The molecule has 0 saturated carbocycles. The van der Waals surface area contributed by atoms with Crippen LogP contribution in [0.25, 0.3) is 10.9 Å². The van der Waals surface area contributed by atoms with Crippen molar-refractivity contribution in [3.8, 4) is 0 Å². The van der Waals surface area contributed by atoms with Gasteiger partial charge in [-0.05, 0) is 50.2 Å². The van der Waals surface area contributed by atoms with Gasteiger partial charge in [-0.3, -0.25) is 9.59 Å². The number of carbonyl (C=O) groups excluding carboxylic acids is 2. The van der Waals surface area contributed by atoms with Crippen molar-refractivity contribution in [3.05, 3.63) is 112 Å². The first kappa shape index (κ1) is 24.9. The van der Waals surface area contributed by atoms with Gasteiger partial charge in [-0.15, -0.1) is 0 Å². The molecule has 0 atom stereocenters. The Hall–Kier alpha value is -3.33. The topological polar surface area (TPSA) is 109 Å². The molecule has 165 valence electrons. The van der Waals surface area contributed by atoms with Gasteiger partial charge in [-0.1, -0.05) is 42.5 Å². The predicted octanol–water partition coefficient (Wildman–Crippen LogP) is 5.07. The van der Waals surface area contributed by atoms with E-state index in [2.05, 4.69) is 51.0 Å². The summed E-state index contributed by atoms with van der Waals surface area (Å²) in [5.41, 5.74) is 11.1. The van der Waals surface area contributed by atoms with Gasteiger partial charge in [-0.25, -0.2) is 4.98 Å².